The van der Waals surface area contributed by atoms with Gasteiger partial charge in [-0.1, -0.05) is 0 Å². The monoisotopic (exact) mass is 231 g/mol. The molecule has 0 amide bonds. The van der Waals surface area contributed by atoms with Gasteiger partial charge in [0.05, 0.1) is 5.41 Å². The minimum absolute atomic E-state index is 0. The van der Waals surface area contributed by atoms with Gasteiger partial charge in [0.15, 0.2) is 0 Å². The predicted octanol–water partition coefficient (Wildman–Crippen LogP) is 1.65. The molecule has 0 saturated heterocycles. The minimum atomic E-state index is -0.566. The van der Waals surface area contributed by atoms with Crippen molar-refractivity contribution in [3.8, 4) is 0 Å². The summed E-state index contributed by atoms with van der Waals surface area (Å²) in [5, 5.41) is 9.32. The molecule has 0 spiro atoms. The molecule has 15 heavy (non-hydrogen) atoms. The molecule has 4 aliphatic carbocycles. The normalized spacial score (nSPS) is 51.3. The third-order valence-corrected chi connectivity index (χ3v) is 4.80. The third-order valence-electron chi connectivity index (χ3n) is 4.80. The molecule has 4 rings (SSSR count). The van der Waals surface area contributed by atoms with Crippen molar-refractivity contribution in [3.63, 3.8) is 0 Å². The molecule has 4 heteroatoms. The first kappa shape index (κ1) is 11.2. The number of nitrogens with two attached hydrogens (primary N) is 1. The van der Waals surface area contributed by atoms with E-state index in [0.29, 0.717) is 23.8 Å². The Hall–Kier alpha value is -0.280. The van der Waals surface area contributed by atoms with Gasteiger partial charge >= 0.3 is 5.97 Å². The maximum atomic E-state index is 11.3. The van der Waals surface area contributed by atoms with Gasteiger partial charge in [0.25, 0.3) is 0 Å². The number of halogens is 1. The fourth-order valence-electron chi connectivity index (χ4n) is 4.33. The van der Waals surface area contributed by atoms with Gasteiger partial charge in [0.1, 0.15) is 0 Å². The molecule has 3 unspecified atom stereocenters. The van der Waals surface area contributed by atoms with Crippen LogP contribution in [0.1, 0.15) is 32.1 Å². The van der Waals surface area contributed by atoms with Gasteiger partial charge in [0, 0.05) is 6.04 Å². The Labute approximate surface area is 95.8 Å². The first-order valence-electron chi connectivity index (χ1n) is 5.60. The van der Waals surface area contributed by atoms with Crippen molar-refractivity contribution in [2.24, 2.45) is 28.9 Å². The molecule has 4 bridgehead atoms. The number of aliphatic carboxylic acids is 1. The van der Waals surface area contributed by atoms with Crippen LogP contribution in [-0.2, 0) is 4.79 Å². The summed E-state index contributed by atoms with van der Waals surface area (Å²) in [7, 11) is 0. The van der Waals surface area contributed by atoms with Crippen LogP contribution in [0.5, 0.6) is 0 Å². The SMILES string of the molecule is Cl.NC1[C@@H]2CC3C[C@H]1CC(C(=O)O)(C3)C2. The van der Waals surface area contributed by atoms with E-state index in [2.05, 4.69) is 0 Å². The van der Waals surface area contributed by atoms with Crippen molar-refractivity contribution >= 4 is 18.4 Å². The van der Waals surface area contributed by atoms with E-state index in [4.69, 9.17) is 5.73 Å². The summed E-state index contributed by atoms with van der Waals surface area (Å²) in [5.41, 5.74) is 5.75. The Morgan fingerprint density at radius 3 is 2.20 bits per heavy atom. The third kappa shape index (κ3) is 1.40. The molecule has 0 radical (unpaired) electrons. The maximum absolute atomic E-state index is 11.3. The van der Waals surface area contributed by atoms with Crippen LogP contribution >= 0.6 is 12.4 Å². The van der Waals surface area contributed by atoms with Crippen LogP contribution in [0.2, 0.25) is 0 Å². The van der Waals surface area contributed by atoms with E-state index >= 15 is 0 Å². The second-order valence-corrected chi connectivity index (χ2v) is 5.63. The molecule has 0 aromatic rings. The number of hydrogen-bond donors (Lipinski definition) is 2. The average molecular weight is 232 g/mol. The lowest BCUT2D eigenvalue weighted by molar-refractivity contribution is -0.166. The second kappa shape index (κ2) is 3.36. The fraction of sp³-hybridized carbons (Fsp3) is 0.909. The predicted molar refractivity (Wildman–Crippen MR) is 58.8 cm³/mol. The fourth-order valence-corrected chi connectivity index (χ4v) is 4.33. The van der Waals surface area contributed by atoms with Crippen molar-refractivity contribution in [2.75, 3.05) is 0 Å². The zero-order valence-corrected chi connectivity index (χ0v) is 9.50. The Balaban J connectivity index is 0.000000853. The highest BCUT2D eigenvalue weighted by molar-refractivity contribution is 5.85. The standard InChI is InChI=1S/C11H17NO2.ClH/c12-9-7-1-6-2-8(9)5-11(3-6,4-7)10(13)14;/h6-9H,1-5,12H2,(H,13,14);1H/t6?,7-,8+,9?,11?;. The number of carbonyl (C=O) groups is 1. The van der Waals surface area contributed by atoms with Crippen LogP contribution < -0.4 is 5.73 Å². The van der Waals surface area contributed by atoms with Gasteiger partial charge in [-0.2, -0.15) is 0 Å². The molecular formula is C11H18ClNO2. The van der Waals surface area contributed by atoms with Crippen LogP contribution in [0.4, 0.5) is 0 Å². The largest absolute Gasteiger partial charge is 0.481 e. The van der Waals surface area contributed by atoms with Crippen molar-refractivity contribution in [2.45, 2.75) is 38.1 Å². The molecular weight excluding hydrogens is 214 g/mol. The summed E-state index contributed by atoms with van der Waals surface area (Å²) in [5.74, 6) is 1.09. The van der Waals surface area contributed by atoms with E-state index in [9.17, 15) is 9.90 Å². The highest BCUT2D eigenvalue weighted by Gasteiger charge is 2.57. The lowest BCUT2D eigenvalue weighted by Crippen LogP contribution is -2.58. The van der Waals surface area contributed by atoms with Gasteiger partial charge < -0.3 is 10.8 Å². The van der Waals surface area contributed by atoms with Crippen LogP contribution in [0.25, 0.3) is 0 Å². The first-order chi connectivity index (χ1) is 6.61. The Morgan fingerprint density at radius 1 is 1.20 bits per heavy atom. The Kier molecular flexibility index (Phi) is 2.51. The summed E-state index contributed by atoms with van der Waals surface area (Å²) in [4.78, 5) is 11.3. The molecule has 3 N–H and O–H groups in total. The summed E-state index contributed by atoms with van der Waals surface area (Å²) < 4.78 is 0. The summed E-state index contributed by atoms with van der Waals surface area (Å²) in [6, 6.07) is 0.291. The average Bonchev–Trinajstić information content (AvgIpc) is 2.12. The molecule has 4 saturated carbocycles. The minimum Gasteiger partial charge on any atom is -0.481 e. The molecule has 4 aliphatic rings. The number of rotatable bonds is 1. The van der Waals surface area contributed by atoms with Crippen LogP contribution in [-0.4, -0.2) is 17.1 Å². The lowest BCUT2D eigenvalue weighted by Gasteiger charge is -2.57. The zero-order chi connectivity index (χ0) is 9.92. The zero-order valence-electron chi connectivity index (χ0n) is 8.69. The highest BCUT2D eigenvalue weighted by atomic mass is 35.5. The molecule has 3 nitrogen and oxygen atoms in total. The van der Waals surface area contributed by atoms with Crippen LogP contribution in [0, 0.1) is 23.2 Å². The first-order valence-corrected chi connectivity index (χ1v) is 5.60. The van der Waals surface area contributed by atoms with Crippen molar-refractivity contribution in [3.05, 3.63) is 0 Å². The van der Waals surface area contributed by atoms with Gasteiger partial charge in [-0.05, 0) is 49.9 Å². The quantitative estimate of drug-likeness (QED) is 0.721. The van der Waals surface area contributed by atoms with E-state index in [1.165, 1.54) is 12.8 Å². The molecule has 5 atom stereocenters. The van der Waals surface area contributed by atoms with Gasteiger partial charge in [-0.15, -0.1) is 12.4 Å². The summed E-state index contributed by atoms with van der Waals surface area (Å²) >= 11 is 0. The van der Waals surface area contributed by atoms with E-state index in [1.807, 2.05) is 0 Å². The smallest absolute Gasteiger partial charge is 0.309 e. The molecule has 86 valence electrons. The Bertz CT molecular complexity index is 278. The van der Waals surface area contributed by atoms with Gasteiger partial charge in [0.2, 0.25) is 0 Å². The molecule has 0 aromatic carbocycles. The van der Waals surface area contributed by atoms with Crippen LogP contribution in [0.15, 0.2) is 0 Å². The number of hydrogen-bond acceptors (Lipinski definition) is 2. The van der Waals surface area contributed by atoms with Crippen molar-refractivity contribution in [1.82, 2.24) is 0 Å². The van der Waals surface area contributed by atoms with Gasteiger partial charge in [-0.3, -0.25) is 4.79 Å². The molecule has 4 fully saturated rings. The van der Waals surface area contributed by atoms with E-state index in [1.54, 1.807) is 0 Å². The number of carboxylic acid groups (broad SMARTS) is 1. The van der Waals surface area contributed by atoms with Crippen molar-refractivity contribution < 1.29 is 9.90 Å². The molecule has 0 aliphatic heterocycles. The van der Waals surface area contributed by atoms with E-state index in [0.717, 1.165) is 19.3 Å². The van der Waals surface area contributed by atoms with Crippen LogP contribution in [0.3, 0.4) is 0 Å². The topological polar surface area (TPSA) is 63.3 Å². The highest BCUT2D eigenvalue weighted by Crippen LogP contribution is 2.59. The second-order valence-electron chi connectivity index (χ2n) is 5.63. The summed E-state index contributed by atoms with van der Waals surface area (Å²) in [6.07, 6.45) is 4.98. The lowest BCUT2D eigenvalue weighted by atomic mass is 9.48. The Morgan fingerprint density at radius 2 is 1.73 bits per heavy atom. The number of carboxylic acids is 1. The molecule has 0 heterocycles. The van der Waals surface area contributed by atoms with Crippen molar-refractivity contribution in [1.29, 1.82) is 0 Å². The van der Waals surface area contributed by atoms with Gasteiger partial charge in [-0.25, -0.2) is 0 Å². The summed E-state index contributed by atoms with van der Waals surface area (Å²) in [6.45, 7) is 0. The maximum Gasteiger partial charge on any atom is 0.309 e. The van der Waals surface area contributed by atoms with E-state index < -0.39 is 5.97 Å². The molecule has 0 aromatic heterocycles. The van der Waals surface area contributed by atoms with E-state index in [-0.39, 0.29) is 17.8 Å².